The Kier molecular flexibility index (Phi) is 2.37. The number of carboxylic acid groups (broad SMARTS) is 1. The van der Waals surface area contributed by atoms with Crippen LogP contribution in [0.2, 0.25) is 0 Å². The molecule has 1 N–H and O–H groups in total. The fourth-order valence-electron chi connectivity index (χ4n) is 1.27. The van der Waals surface area contributed by atoms with Gasteiger partial charge in [-0.25, -0.2) is 9.37 Å². The lowest BCUT2D eigenvalue weighted by Crippen LogP contribution is -1.97. The Balaban J connectivity index is 2.27. The fraction of sp³-hybridized carbons (Fsp3) is 0.200. The van der Waals surface area contributed by atoms with Gasteiger partial charge in [-0.1, -0.05) is 0 Å². The zero-order valence-electron chi connectivity index (χ0n) is 7.74. The number of carboxylic acids is 1. The van der Waals surface area contributed by atoms with Crippen molar-refractivity contribution in [3.05, 3.63) is 29.9 Å². The van der Waals surface area contributed by atoms with Gasteiger partial charge in [-0.05, 0) is 12.1 Å². The minimum atomic E-state index is -0.913. The van der Waals surface area contributed by atoms with Gasteiger partial charge in [-0.15, -0.1) is 0 Å². The molecule has 0 aliphatic heterocycles. The van der Waals surface area contributed by atoms with Crippen LogP contribution in [-0.4, -0.2) is 16.1 Å². The number of hydrogen-bond acceptors (Lipinski definition) is 3. The summed E-state index contributed by atoms with van der Waals surface area (Å²) in [6, 6.07) is 4.01. The molecule has 5 heteroatoms. The molecule has 1 heterocycles. The van der Waals surface area contributed by atoms with E-state index in [1.165, 1.54) is 18.2 Å². The average Bonchev–Trinajstić information content (AvgIpc) is 2.56. The second-order valence-electron chi connectivity index (χ2n) is 3.11. The van der Waals surface area contributed by atoms with Crippen molar-refractivity contribution in [2.24, 2.45) is 0 Å². The Morgan fingerprint density at radius 2 is 2.33 bits per heavy atom. The van der Waals surface area contributed by atoms with Gasteiger partial charge < -0.3 is 9.52 Å². The Labute approximate surface area is 84.3 Å². The molecule has 2 rings (SSSR count). The highest BCUT2D eigenvalue weighted by molar-refractivity contribution is 5.72. The molecule has 0 radical (unpaired) electrons. The topological polar surface area (TPSA) is 63.3 Å². The number of carbonyl (C=O) groups is 1. The van der Waals surface area contributed by atoms with Gasteiger partial charge in [0.1, 0.15) is 11.3 Å². The fourth-order valence-corrected chi connectivity index (χ4v) is 1.27. The Morgan fingerprint density at radius 1 is 1.53 bits per heavy atom. The van der Waals surface area contributed by atoms with Gasteiger partial charge in [-0.2, -0.15) is 0 Å². The standard InChI is InChI=1S/C10H8FNO3/c11-6-1-2-7-8(5-6)15-9(12-7)3-4-10(13)14/h1-2,5H,3-4H2,(H,13,14). The molecule has 15 heavy (non-hydrogen) atoms. The summed E-state index contributed by atoms with van der Waals surface area (Å²) in [6.45, 7) is 0. The molecule has 1 aromatic heterocycles. The summed E-state index contributed by atoms with van der Waals surface area (Å²) in [4.78, 5) is 14.3. The number of aryl methyl sites for hydroxylation is 1. The van der Waals surface area contributed by atoms with E-state index in [2.05, 4.69) is 4.98 Å². The molecule has 2 aromatic rings. The normalized spacial score (nSPS) is 10.7. The summed E-state index contributed by atoms with van der Waals surface area (Å²) in [5.74, 6) is -0.995. The van der Waals surface area contributed by atoms with E-state index in [0.29, 0.717) is 17.0 Å². The molecule has 4 nitrogen and oxygen atoms in total. The van der Waals surface area contributed by atoms with Gasteiger partial charge in [0, 0.05) is 12.5 Å². The lowest BCUT2D eigenvalue weighted by molar-refractivity contribution is -0.137. The summed E-state index contributed by atoms with van der Waals surface area (Å²) < 4.78 is 18.0. The number of halogens is 1. The lowest BCUT2D eigenvalue weighted by atomic mass is 10.3. The molecule has 78 valence electrons. The summed E-state index contributed by atoms with van der Waals surface area (Å²) in [5.41, 5.74) is 0.882. The van der Waals surface area contributed by atoms with E-state index < -0.39 is 11.8 Å². The van der Waals surface area contributed by atoms with Crippen molar-refractivity contribution in [3.8, 4) is 0 Å². The van der Waals surface area contributed by atoms with Crippen LogP contribution in [0.4, 0.5) is 4.39 Å². The van der Waals surface area contributed by atoms with Gasteiger partial charge in [0.2, 0.25) is 0 Å². The minimum Gasteiger partial charge on any atom is -0.481 e. The zero-order chi connectivity index (χ0) is 10.8. The smallest absolute Gasteiger partial charge is 0.303 e. The molecular formula is C10H8FNO3. The van der Waals surface area contributed by atoms with E-state index in [1.807, 2.05) is 0 Å². The van der Waals surface area contributed by atoms with E-state index in [9.17, 15) is 9.18 Å². The molecule has 0 amide bonds. The first-order valence-corrected chi connectivity index (χ1v) is 4.42. The summed E-state index contributed by atoms with van der Waals surface area (Å²) in [6.07, 6.45) is 0.168. The van der Waals surface area contributed by atoms with Crippen molar-refractivity contribution >= 4 is 17.1 Å². The molecule has 0 unspecified atom stereocenters. The van der Waals surface area contributed by atoms with Gasteiger partial charge in [-0.3, -0.25) is 4.79 Å². The maximum absolute atomic E-state index is 12.8. The lowest BCUT2D eigenvalue weighted by Gasteiger charge is -1.88. The van der Waals surface area contributed by atoms with E-state index in [0.717, 1.165) is 0 Å². The van der Waals surface area contributed by atoms with Crippen LogP contribution in [0.15, 0.2) is 22.6 Å². The van der Waals surface area contributed by atoms with Crippen LogP contribution >= 0.6 is 0 Å². The number of hydrogen-bond donors (Lipinski definition) is 1. The maximum Gasteiger partial charge on any atom is 0.303 e. The summed E-state index contributed by atoms with van der Waals surface area (Å²) >= 11 is 0. The van der Waals surface area contributed by atoms with E-state index in [4.69, 9.17) is 9.52 Å². The number of oxazole rings is 1. The second-order valence-corrected chi connectivity index (χ2v) is 3.11. The quantitative estimate of drug-likeness (QED) is 0.839. The number of benzene rings is 1. The second kappa shape index (κ2) is 3.68. The summed E-state index contributed by atoms with van der Waals surface area (Å²) in [5, 5.41) is 8.46. The first kappa shape index (κ1) is 9.64. The largest absolute Gasteiger partial charge is 0.481 e. The SMILES string of the molecule is O=C(O)CCc1nc2ccc(F)cc2o1. The van der Waals surface area contributed by atoms with Crippen molar-refractivity contribution in [2.45, 2.75) is 12.8 Å². The van der Waals surface area contributed by atoms with Crippen LogP contribution < -0.4 is 0 Å². The molecule has 0 saturated carbocycles. The van der Waals surface area contributed by atoms with Crippen LogP contribution in [0.3, 0.4) is 0 Å². The van der Waals surface area contributed by atoms with Crippen molar-refractivity contribution in [2.75, 3.05) is 0 Å². The molecule has 0 aliphatic carbocycles. The van der Waals surface area contributed by atoms with E-state index >= 15 is 0 Å². The monoisotopic (exact) mass is 209 g/mol. The van der Waals surface area contributed by atoms with Crippen LogP contribution in [0.1, 0.15) is 12.3 Å². The Morgan fingerprint density at radius 3 is 3.07 bits per heavy atom. The Hall–Kier alpha value is -1.91. The highest BCUT2D eigenvalue weighted by atomic mass is 19.1. The minimum absolute atomic E-state index is 0.0463. The average molecular weight is 209 g/mol. The number of nitrogens with zero attached hydrogens (tertiary/aromatic N) is 1. The predicted molar refractivity (Wildman–Crippen MR) is 49.9 cm³/mol. The van der Waals surface area contributed by atoms with Gasteiger partial charge in [0.25, 0.3) is 0 Å². The molecule has 0 saturated heterocycles. The Bertz CT molecular complexity index is 506. The zero-order valence-corrected chi connectivity index (χ0v) is 7.74. The van der Waals surface area contributed by atoms with Crippen molar-refractivity contribution in [3.63, 3.8) is 0 Å². The molecular weight excluding hydrogens is 201 g/mol. The van der Waals surface area contributed by atoms with Gasteiger partial charge in [0.15, 0.2) is 11.5 Å². The van der Waals surface area contributed by atoms with Crippen molar-refractivity contribution in [1.29, 1.82) is 0 Å². The number of rotatable bonds is 3. The first-order chi connectivity index (χ1) is 7.15. The number of aromatic nitrogens is 1. The van der Waals surface area contributed by atoms with E-state index in [1.54, 1.807) is 0 Å². The first-order valence-electron chi connectivity index (χ1n) is 4.42. The van der Waals surface area contributed by atoms with Gasteiger partial charge in [0.05, 0.1) is 6.42 Å². The van der Waals surface area contributed by atoms with Crippen LogP contribution in [0.5, 0.6) is 0 Å². The highest BCUT2D eigenvalue weighted by Crippen LogP contribution is 2.17. The molecule has 0 aliphatic rings. The molecule has 0 atom stereocenters. The predicted octanol–water partition coefficient (Wildman–Crippen LogP) is 1.98. The maximum atomic E-state index is 12.8. The number of fused-ring (bicyclic) bond motifs is 1. The third kappa shape index (κ3) is 2.12. The number of aliphatic carboxylic acids is 1. The molecule has 1 aromatic carbocycles. The third-order valence-corrected chi connectivity index (χ3v) is 1.95. The molecule has 0 spiro atoms. The highest BCUT2D eigenvalue weighted by Gasteiger charge is 2.08. The molecule has 0 bridgehead atoms. The van der Waals surface area contributed by atoms with Crippen LogP contribution in [0, 0.1) is 5.82 Å². The van der Waals surface area contributed by atoms with Crippen molar-refractivity contribution in [1.82, 2.24) is 4.98 Å². The molecule has 0 fully saturated rings. The van der Waals surface area contributed by atoms with Crippen LogP contribution in [-0.2, 0) is 11.2 Å². The third-order valence-electron chi connectivity index (χ3n) is 1.95. The van der Waals surface area contributed by atoms with E-state index in [-0.39, 0.29) is 12.8 Å². The summed E-state index contributed by atoms with van der Waals surface area (Å²) in [7, 11) is 0. The van der Waals surface area contributed by atoms with Gasteiger partial charge >= 0.3 is 5.97 Å². The van der Waals surface area contributed by atoms with Crippen molar-refractivity contribution < 1.29 is 18.7 Å². The van der Waals surface area contributed by atoms with Crippen LogP contribution in [0.25, 0.3) is 11.1 Å².